The maximum atomic E-state index is 11.4. The van der Waals surface area contributed by atoms with E-state index in [1.54, 1.807) is 12.1 Å². The molecule has 2 heterocycles. The largest absolute Gasteiger partial charge is 0.350 e. The number of para-hydroxylation sites is 1. The fourth-order valence-electron chi connectivity index (χ4n) is 3.47. The summed E-state index contributed by atoms with van der Waals surface area (Å²) in [5, 5.41) is 11.4. The predicted octanol–water partition coefficient (Wildman–Crippen LogP) is 4.68. The van der Waals surface area contributed by atoms with Gasteiger partial charge in [0.2, 0.25) is 0 Å². The normalized spacial score (nSPS) is 13.0. The van der Waals surface area contributed by atoms with Gasteiger partial charge in [0, 0.05) is 35.6 Å². The Morgan fingerprint density at radius 2 is 1.70 bits per heavy atom. The Balaban J connectivity index is 2.00. The highest BCUT2D eigenvalue weighted by atomic mass is 16.6. The van der Waals surface area contributed by atoms with Crippen LogP contribution in [0.4, 0.5) is 5.69 Å². The molecule has 0 atom stereocenters. The van der Waals surface area contributed by atoms with E-state index in [-0.39, 0.29) is 10.6 Å². The van der Waals surface area contributed by atoms with Crippen LogP contribution in [-0.2, 0) is 13.0 Å². The van der Waals surface area contributed by atoms with Gasteiger partial charge in [-0.3, -0.25) is 10.1 Å². The zero-order valence-corrected chi connectivity index (χ0v) is 12.6. The maximum Gasteiger partial charge on any atom is 0.277 e. The van der Waals surface area contributed by atoms with Gasteiger partial charge in [-0.05, 0) is 24.5 Å². The van der Waals surface area contributed by atoms with Gasteiger partial charge in [-0.25, -0.2) is 0 Å². The monoisotopic (exact) mass is 304 g/mol. The lowest BCUT2D eigenvalue weighted by Gasteiger charge is -2.08. The molecule has 0 saturated heterocycles. The van der Waals surface area contributed by atoms with Gasteiger partial charge in [0.1, 0.15) is 0 Å². The summed E-state index contributed by atoms with van der Waals surface area (Å²) >= 11 is 0. The van der Waals surface area contributed by atoms with E-state index < -0.39 is 0 Å². The Bertz CT molecular complexity index is 882. The zero-order chi connectivity index (χ0) is 15.8. The van der Waals surface area contributed by atoms with E-state index in [9.17, 15) is 10.1 Å². The van der Waals surface area contributed by atoms with Crippen LogP contribution in [0.2, 0.25) is 0 Å². The summed E-state index contributed by atoms with van der Waals surface area (Å²) < 4.78 is 2.24. The molecular formula is C19H16N2O2. The molecule has 23 heavy (non-hydrogen) atoms. The molecule has 4 rings (SSSR count). The van der Waals surface area contributed by atoms with Crippen LogP contribution in [0.15, 0.2) is 60.8 Å². The summed E-state index contributed by atoms with van der Waals surface area (Å²) in [4.78, 5) is 11.1. The van der Waals surface area contributed by atoms with Gasteiger partial charge in [-0.15, -0.1) is 0 Å². The first-order valence-corrected chi connectivity index (χ1v) is 7.77. The van der Waals surface area contributed by atoms with E-state index in [4.69, 9.17) is 0 Å². The standard InChI is InChI=1S/C19H16N2O2/c22-21(23)17-10-5-4-9-15(17)16-13-20-12-6-11-18(20)19(16)14-7-2-1-3-8-14/h1-5,7-10,13H,6,11-12H2. The highest BCUT2D eigenvalue weighted by Gasteiger charge is 2.25. The summed E-state index contributed by atoms with van der Waals surface area (Å²) in [5.74, 6) is 0. The third kappa shape index (κ3) is 2.23. The third-order valence-corrected chi connectivity index (χ3v) is 4.46. The lowest BCUT2D eigenvalue weighted by atomic mass is 9.95. The summed E-state index contributed by atoms with van der Waals surface area (Å²) in [5.41, 5.74) is 5.35. The highest BCUT2D eigenvalue weighted by molar-refractivity contribution is 5.89. The van der Waals surface area contributed by atoms with Gasteiger partial charge >= 0.3 is 0 Å². The van der Waals surface area contributed by atoms with Gasteiger partial charge in [-0.1, -0.05) is 42.5 Å². The minimum absolute atomic E-state index is 0.161. The van der Waals surface area contributed by atoms with Crippen molar-refractivity contribution in [3.05, 3.63) is 76.6 Å². The first-order valence-electron chi connectivity index (χ1n) is 7.77. The molecule has 0 N–H and O–H groups in total. The second kappa shape index (κ2) is 5.39. The Morgan fingerprint density at radius 3 is 2.48 bits per heavy atom. The van der Waals surface area contributed by atoms with Crippen molar-refractivity contribution in [3.63, 3.8) is 0 Å². The first kappa shape index (κ1) is 13.8. The average molecular weight is 304 g/mol. The van der Waals surface area contributed by atoms with Crippen molar-refractivity contribution in [1.82, 2.24) is 4.57 Å². The van der Waals surface area contributed by atoms with Gasteiger partial charge in [-0.2, -0.15) is 0 Å². The second-order valence-corrected chi connectivity index (χ2v) is 5.80. The van der Waals surface area contributed by atoms with Crippen molar-refractivity contribution in [2.75, 3.05) is 0 Å². The summed E-state index contributed by atoms with van der Waals surface area (Å²) in [7, 11) is 0. The smallest absolute Gasteiger partial charge is 0.277 e. The molecule has 0 fully saturated rings. The molecule has 0 bridgehead atoms. The number of nitro groups is 1. The molecule has 0 aliphatic carbocycles. The van der Waals surface area contributed by atoms with Crippen molar-refractivity contribution in [3.8, 4) is 22.3 Å². The summed E-state index contributed by atoms with van der Waals surface area (Å²) in [6, 6.07) is 17.2. The number of fused-ring (bicyclic) bond motifs is 1. The number of nitrogens with zero attached hydrogens (tertiary/aromatic N) is 2. The topological polar surface area (TPSA) is 48.1 Å². The molecule has 4 nitrogen and oxygen atoms in total. The van der Waals surface area contributed by atoms with E-state index in [1.165, 1.54) is 5.69 Å². The quantitative estimate of drug-likeness (QED) is 0.521. The SMILES string of the molecule is O=[N+]([O-])c1ccccc1-c1cn2c(c1-c1ccccc1)CCC2. The van der Waals surface area contributed by atoms with E-state index in [1.807, 2.05) is 30.3 Å². The minimum atomic E-state index is -0.299. The van der Waals surface area contributed by atoms with Crippen molar-refractivity contribution < 1.29 is 4.92 Å². The van der Waals surface area contributed by atoms with Crippen LogP contribution >= 0.6 is 0 Å². The molecule has 2 aromatic carbocycles. The molecule has 1 aliphatic rings. The fourth-order valence-corrected chi connectivity index (χ4v) is 3.47. The number of aryl methyl sites for hydroxylation is 1. The molecule has 0 spiro atoms. The Labute approximate surface area is 134 Å². The second-order valence-electron chi connectivity index (χ2n) is 5.80. The first-order chi connectivity index (χ1) is 11.3. The Hall–Kier alpha value is -2.88. The minimum Gasteiger partial charge on any atom is -0.350 e. The van der Waals surface area contributed by atoms with Crippen LogP contribution < -0.4 is 0 Å². The van der Waals surface area contributed by atoms with Crippen LogP contribution in [0.1, 0.15) is 12.1 Å². The zero-order valence-electron chi connectivity index (χ0n) is 12.6. The number of hydrogen-bond donors (Lipinski definition) is 0. The summed E-state index contributed by atoms with van der Waals surface area (Å²) in [6.45, 7) is 0.982. The number of rotatable bonds is 3. The van der Waals surface area contributed by atoms with Gasteiger partial charge < -0.3 is 4.57 Å². The highest BCUT2D eigenvalue weighted by Crippen LogP contribution is 2.42. The number of hydrogen-bond acceptors (Lipinski definition) is 2. The van der Waals surface area contributed by atoms with Crippen LogP contribution in [0, 0.1) is 10.1 Å². The number of aromatic nitrogens is 1. The molecule has 4 heteroatoms. The molecule has 1 aromatic heterocycles. The maximum absolute atomic E-state index is 11.4. The van der Waals surface area contributed by atoms with E-state index in [0.717, 1.165) is 36.1 Å². The molecule has 114 valence electrons. The molecule has 0 amide bonds. The number of nitro benzene ring substituents is 1. The average Bonchev–Trinajstić information content (AvgIpc) is 3.16. The molecule has 3 aromatic rings. The molecule has 1 aliphatic heterocycles. The Kier molecular flexibility index (Phi) is 3.23. The van der Waals surface area contributed by atoms with E-state index in [0.29, 0.717) is 5.56 Å². The van der Waals surface area contributed by atoms with Crippen LogP contribution in [-0.4, -0.2) is 9.49 Å². The van der Waals surface area contributed by atoms with Gasteiger partial charge in [0.25, 0.3) is 5.69 Å². The van der Waals surface area contributed by atoms with Crippen LogP contribution in [0.3, 0.4) is 0 Å². The lowest BCUT2D eigenvalue weighted by Crippen LogP contribution is -1.92. The van der Waals surface area contributed by atoms with Crippen LogP contribution in [0.25, 0.3) is 22.3 Å². The van der Waals surface area contributed by atoms with Crippen molar-refractivity contribution in [2.24, 2.45) is 0 Å². The Morgan fingerprint density at radius 1 is 0.957 bits per heavy atom. The molecular weight excluding hydrogens is 288 g/mol. The van der Waals surface area contributed by atoms with Crippen molar-refractivity contribution in [2.45, 2.75) is 19.4 Å². The summed E-state index contributed by atoms with van der Waals surface area (Å²) in [6.07, 6.45) is 4.23. The van der Waals surface area contributed by atoms with Crippen molar-refractivity contribution in [1.29, 1.82) is 0 Å². The van der Waals surface area contributed by atoms with Gasteiger partial charge in [0.05, 0.1) is 10.5 Å². The molecule has 0 saturated carbocycles. The van der Waals surface area contributed by atoms with Crippen molar-refractivity contribution >= 4 is 5.69 Å². The van der Waals surface area contributed by atoms with Gasteiger partial charge in [0.15, 0.2) is 0 Å². The third-order valence-electron chi connectivity index (χ3n) is 4.46. The van der Waals surface area contributed by atoms with E-state index in [2.05, 4.69) is 22.9 Å². The van der Waals surface area contributed by atoms with Crippen LogP contribution in [0.5, 0.6) is 0 Å². The fraction of sp³-hybridized carbons (Fsp3) is 0.158. The lowest BCUT2D eigenvalue weighted by molar-refractivity contribution is -0.384. The molecule has 0 radical (unpaired) electrons. The van der Waals surface area contributed by atoms with E-state index >= 15 is 0 Å². The number of benzene rings is 2. The predicted molar refractivity (Wildman–Crippen MR) is 90.3 cm³/mol. The molecule has 0 unspecified atom stereocenters.